The highest BCUT2D eigenvalue weighted by Crippen LogP contribution is 2.34. The molecule has 3 aliphatic heterocycles. The van der Waals surface area contributed by atoms with Crippen molar-refractivity contribution in [3.63, 3.8) is 0 Å². The Bertz CT molecular complexity index is 684. The van der Waals surface area contributed by atoms with Gasteiger partial charge in [-0.1, -0.05) is 6.07 Å². The monoisotopic (exact) mass is 381 g/mol. The van der Waals surface area contributed by atoms with Gasteiger partial charge in [-0.25, -0.2) is 0 Å². The Kier molecular flexibility index (Phi) is 5.88. The minimum atomic E-state index is -0.0466. The molecular weight excluding hydrogens is 358 g/mol. The molecular formula is C18H24ClN3O4. The van der Waals surface area contributed by atoms with Crippen molar-refractivity contribution in [2.24, 2.45) is 0 Å². The summed E-state index contributed by atoms with van der Waals surface area (Å²) in [6.45, 7) is 4.16. The number of hydrogen-bond acceptors (Lipinski definition) is 5. The van der Waals surface area contributed by atoms with Gasteiger partial charge in [0.1, 0.15) is 13.2 Å². The third-order valence-electron chi connectivity index (χ3n) is 5.05. The summed E-state index contributed by atoms with van der Waals surface area (Å²) in [5.74, 6) is 1.25. The van der Waals surface area contributed by atoms with Crippen LogP contribution in [0.1, 0.15) is 23.2 Å². The van der Waals surface area contributed by atoms with Crippen molar-refractivity contribution in [1.29, 1.82) is 0 Å². The van der Waals surface area contributed by atoms with Crippen molar-refractivity contribution in [1.82, 2.24) is 15.1 Å². The number of amides is 2. The van der Waals surface area contributed by atoms with E-state index in [9.17, 15) is 9.59 Å². The second-order valence-electron chi connectivity index (χ2n) is 6.64. The highest BCUT2D eigenvalue weighted by molar-refractivity contribution is 5.98. The van der Waals surface area contributed by atoms with Gasteiger partial charge in [0.2, 0.25) is 5.91 Å². The zero-order valence-electron chi connectivity index (χ0n) is 14.6. The van der Waals surface area contributed by atoms with E-state index in [4.69, 9.17) is 9.47 Å². The number of likely N-dealkylation sites (tertiary alicyclic amines) is 1. The van der Waals surface area contributed by atoms with E-state index >= 15 is 0 Å². The van der Waals surface area contributed by atoms with E-state index in [-0.39, 0.29) is 30.3 Å². The molecule has 4 rings (SSSR count). The molecule has 3 heterocycles. The molecule has 0 radical (unpaired) electrons. The van der Waals surface area contributed by atoms with Gasteiger partial charge >= 0.3 is 0 Å². The van der Waals surface area contributed by atoms with Crippen LogP contribution in [-0.2, 0) is 4.79 Å². The minimum absolute atomic E-state index is 0. The van der Waals surface area contributed by atoms with Gasteiger partial charge in [-0.3, -0.25) is 9.59 Å². The van der Waals surface area contributed by atoms with Crippen molar-refractivity contribution in [2.75, 3.05) is 45.9 Å². The lowest BCUT2D eigenvalue weighted by atomic mass is 10.0. The molecule has 142 valence electrons. The van der Waals surface area contributed by atoms with Gasteiger partial charge in [-0.15, -0.1) is 12.4 Å². The molecule has 1 atom stereocenters. The van der Waals surface area contributed by atoms with Crippen LogP contribution in [-0.4, -0.2) is 73.6 Å². The summed E-state index contributed by atoms with van der Waals surface area (Å²) in [5, 5.41) is 3.10. The highest BCUT2D eigenvalue weighted by atomic mass is 35.5. The van der Waals surface area contributed by atoms with Crippen LogP contribution in [0.5, 0.6) is 11.5 Å². The molecule has 1 aromatic carbocycles. The first-order valence-corrected chi connectivity index (χ1v) is 8.92. The predicted octanol–water partition coefficient (Wildman–Crippen LogP) is 0.916. The van der Waals surface area contributed by atoms with Crippen molar-refractivity contribution < 1.29 is 19.1 Å². The number of ether oxygens (including phenoxy) is 2. The first-order chi connectivity index (χ1) is 12.2. The molecule has 1 N–H and O–H groups in total. The van der Waals surface area contributed by atoms with Crippen molar-refractivity contribution >= 4 is 24.2 Å². The van der Waals surface area contributed by atoms with Crippen LogP contribution in [0, 0.1) is 0 Å². The number of nitrogens with zero attached hydrogens (tertiary/aromatic N) is 2. The average Bonchev–Trinajstić information content (AvgIpc) is 2.67. The summed E-state index contributed by atoms with van der Waals surface area (Å²) in [5.41, 5.74) is 0.546. The second-order valence-corrected chi connectivity index (χ2v) is 6.64. The molecule has 0 saturated carbocycles. The van der Waals surface area contributed by atoms with E-state index in [2.05, 4.69) is 5.32 Å². The Hall–Kier alpha value is -1.99. The molecule has 1 aromatic rings. The number of nitrogens with one attached hydrogen (secondary N) is 1. The molecule has 0 spiro atoms. The number of carbonyl (C=O) groups is 2. The molecule has 7 nitrogen and oxygen atoms in total. The number of halogens is 1. The van der Waals surface area contributed by atoms with Gasteiger partial charge in [0, 0.05) is 32.2 Å². The molecule has 2 fully saturated rings. The fraction of sp³-hybridized carbons (Fsp3) is 0.556. The first-order valence-electron chi connectivity index (χ1n) is 8.92. The number of fused-ring (bicyclic) bond motifs is 1. The van der Waals surface area contributed by atoms with E-state index in [1.54, 1.807) is 6.07 Å². The summed E-state index contributed by atoms with van der Waals surface area (Å²) in [7, 11) is 0. The topological polar surface area (TPSA) is 71.1 Å². The van der Waals surface area contributed by atoms with Gasteiger partial charge in [-0.05, 0) is 25.0 Å². The van der Waals surface area contributed by atoms with Crippen LogP contribution in [0.4, 0.5) is 0 Å². The molecule has 0 bridgehead atoms. The Morgan fingerprint density at radius 2 is 2.04 bits per heavy atom. The van der Waals surface area contributed by atoms with Gasteiger partial charge < -0.3 is 24.6 Å². The van der Waals surface area contributed by atoms with Crippen molar-refractivity contribution in [2.45, 2.75) is 18.9 Å². The normalized spacial score (nSPS) is 22.6. The average molecular weight is 382 g/mol. The van der Waals surface area contributed by atoms with E-state index < -0.39 is 0 Å². The number of benzene rings is 1. The molecule has 0 aromatic heterocycles. The number of hydrogen-bond donors (Lipinski definition) is 1. The van der Waals surface area contributed by atoms with E-state index in [1.165, 1.54) is 0 Å². The van der Waals surface area contributed by atoms with Crippen LogP contribution in [0.2, 0.25) is 0 Å². The van der Waals surface area contributed by atoms with E-state index in [0.717, 1.165) is 19.4 Å². The lowest BCUT2D eigenvalue weighted by molar-refractivity contribution is -0.135. The van der Waals surface area contributed by atoms with Crippen molar-refractivity contribution in [3.8, 4) is 11.5 Å². The Balaban J connectivity index is 0.00000196. The third kappa shape index (κ3) is 3.59. The Morgan fingerprint density at radius 3 is 2.88 bits per heavy atom. The molecule has 2 amide bonds. The molecule has 1 unspecified atom stereocenters. The number of piperazine rings is 1. The summed E-state index contributed by atoms with van der Waals surface area (Å²) < 4.78 is 11.3. The van der Waals surface area contributed by atoms with Gasteiger partial charge in [0.05, 0.1) is 12.1 Å². The zero-order valence-corrected chi connectivity index (χ0v) is 15.4. The molecule has 8 heteroatoms. The van der Waals surface area contributed by atoms with E-state index in [0.29, 0.717) is 56.5 Å². The third-order valence-corrected chi connectivity index (χ3v) is 5.05. The predicted molar refractivity (Wildman–Crippen MR) is 98.2 cm³/mol. The maximum absolute atomic E-state index is 13.1. The molecule has 26 heavy (non-hydrogen) atoms. The fourth-order valence-corrected chi connectivity index (χ4v) is 3.81. The van der Waals surface area contributed by atoms with Gasteiger partial charge in [0.25, 0.3) is 5.91 Å². The molecule has 3 aliphatic rings. The summed E-state index contributed by atoms with van der Waals surface area (Å²) in [6.07, 6.45) is 1.85. The molecule has 0 aliphatic carbocycles. The van der Waals surface area contributed by atoms with Crippen LogP contribution < -0.4 is 14.8 Å². The minimum Gasteiger partial charge on any atom is -0.486 e. The summed E-state index contributed by atoms with van der Waals surface area (Å²) in [6, 6.07) is 5.53. The Labute approximate surface area is 159 Å². The second kappa shape index (κ2) is 8.14. The smallest absolute Gasteiger partial charge is 0.257 e. The first kappa shape index (κ1) is 18.8. The van der Waals surface area contributed by atoms with Crippen LogP contribution in [0.15, 0.2) is 18.2 Å². The maximum atomic E-state index is 13.1. The number of piperidine rings is 1. The SMILES string of the molecule is Cl.O=C(c1cccc2c1OCCO2)N1CCCC(N2CCNCC2=O)C1. The quantitative estimate of drug-likeness (QED) is 0.824. The standard InChI is InChI=1S/C18H23N3O4.ClH/c22-16-11-19-6-8-21(16)13-3-2-7-20(12-13)18(23)14-4-1-5-15-17(14)25-10-9-24-15;/h1,4-5,13,19H,2-3,6-12H2;1H. The van der Waals surface area contributed by atoms with Crippen molar-refractivity contribution in [3.05, 3.63) is 23.8 Å². The van der Waals surface area contributed by atoms with Gasteiger partial charge in [0.15, 0.2) is 11.5 Å². The number of rotatable bonds is 2. The number of para-hydroxylation sites is 1. The zero-order chi connectivity index (χ0) is 17.2. The molecule has 2 saturated heterocycles. The van der Waals surface area contributed by atoms with Gasteiger partial charge in [-0.2, -0.15) is 0 Å². The Morgan fingerprint density at radius 1 is 1.19 bits per heavy atom. The summed E-state index contributed by atoms with van der Waals surface area (Å²) >= 11 is 0. The fourth-order valence-electron chi connectivity index (χ4n) is 3.81. The maximum Gasteiger partial charge on any atom is 0.257 e. The van der Waals surface area contributed by atoms with Crippen LogP contribution >= 0.6 is 12.4 Å². The highest BCUT2D eigenvalue weighted by Gasteiger charge is 2.33. The lowest BCUT2D eigenvalue weighted by Gasteiger charge is -2.41. The number of carbonyl (C=O) groups excluding carboxylic acids is 2. The van der Waals surface area contributed by atoms with Crippen LogP contribution in [0.25, 0.3) is 0 Å². The lowest BCUT2D eigenvalue weighted by Crippen LogP contribution is -2.57. The summed E-state index contributed by atoms with van der Waals surface area (Å²) in [4.78, 5) is 29.0. The van der Waals surface area contributed by atoms with Crippen LogP contribution in [0.3, 0.4) is 0 Å². The van der Waals surface area contributed by atoms with E-state index in [1.807, 2.05) is 21.9 Å². The largest absolute Gasteiger partial charge is 0.486 e.